The number of aromatic nitrogens is 1. The summed E-state index contributed by atoms with van der Waals surface area (Å²) in [7, 11) is 0. The molecule has 0 atom stereocenters. The van der Waals surface area contributed by atoms with Crippen LogP contribution in [0.25, 0.3) is 0 Å². The zero-order valence-corrected chi connectivity index (χ0v) is 8.41. The SMILES string of the molecule is Cc1ccnc(Cl)c1OCCC(=O)O. The number of carboxylic acid groups (broad SMARTS) is 1. The summed E-state index contributed by atoms with van der Waals surface area (Å²) in [5, 5.41) is 8.66. The number of halogens is 1. The molecule has 1 N–H and O–H groups in total. The van der Waals surface area contributed by atoms with Crippen LogP contribution in [0.4, 0.5) is 0 Å². The lowest BCUT2D eigenvalue weighted by molar-refractivity contribution is -0.137. The average Bonchev–Trinajstić information content (AvgIpc) is 2.09. The lowest BCUT2D eigenvalue weighted by atomic mass is 10.3. The van der Waals surface area contributed by atoms with Gasteiger partial charge in [-0.15, -0.1) is 0 Å². The van der Waals surface area contributed by atoms with Crippen molar-refractivity contribution in [3.8, 4) is 5.75 Å². The Balaban J connectivity index is 2.62. The highest BCUT2D eigenvalue weighted by Crippen LogP contribution is 2.25. The van der Waals surface area contributed by atoms with E-state index in [0.717, 1.165) is 5.56 Å². The number of aryl methyl sites for hydroxylation is 1. The third-order valence-corrected chi connectivity index (χ3v) is 1.89. The highest BCUT2D eigenvalue weighted by Gasteiger charge is 2.06. The zero-order valence-electron chi connectivity index (χ0n) is 7.66. The van der Waals surface area contributed by atoms with Gasteiger partial charge >= 0.3 is 5.97 Å². The Bertz CT molecular complexity index is 321. The van der Waals surface area contributed by atoms with E-state index < -0.39 is 5.97 Å². The predicted molar refractivity (Wildman–Crippen MR) is 51.7 cm³/mol. The molecule has 1 aromatic rings. The largest absolute Gasteiger partial charge is 0.489 e. The van der Waals surface area contributed by atoms with Crippen LogP contribution < -0.4 is 4.74 Å². The Labute approximate surface area is 86.5 Å². The van der Waals surface area contributed by atoms with Gasteiger partial charge < -0.3 is 9.84 Å². The number of carbonyl (C=O) groups is 1. The van der Waals surface area contributed by atoms with E-state index >= 15 is 0 Å². The molecule has 1 heterocycles. The van der Waals surface area contributed by atoms with Crippen molar-refractivity contribution in [1.82, 2.24) is 4.98 Å². The van der Waals surface area contributed by atoms with Gasteiger partial charge in [0.25, 0.3) is 0 Å². The third-order valence-electron chi connectivity index (χ3n) is 1.62. The summed E-state index contributed by atoms with van der Waals surface area (Å²) in [6.07, 6.45) is 1.52. The van der Waals surface area contributed by atoms with Crippen molar-refractivity contribution >= 4 is 17.6 Å². The van der Waals surface area contributed by atoms with Crippen molar-refractivity contribution in [2.24, 2.45) is 0 Å². The maximum absolute atomic E-state index is 10.2. The molecule has 4 nitrogen and oxygen atoms in total. The second kappa shape index (κ2) is 4.81. The van der Waals surface area contributed by atoms with Crippen LogP contribution in [0.2, 0.25) is 5.15 Å². The van der Waals surface area contributed by atoms with Crippen LogP contribution in [0.3, 0.4) is 0 Å². The van der Waals surface area contributed by atoms with Gasteiger partial charge in [0.05, 0.1) is 13.0 Å². The smallest absolute Gasteiger partial charge is 0.306 e. The highest BCUT2D eigenvalue weighted by molar-refractivity contribution is 6.30. The maximum atomic E-state index is 10.2. The summed E-state index contributed by atoms with van der Waals surface area (Å²) in [4.78, 5) is 14.1. The average molecular weight is 216 g/mol. The molecule has 5 heteroatoms. The zero-order chi connectivity index (χ0) is 10.6. The Morgan fingerprint density at radius 1 is 1.71 bits per heavy atom. The van der Waals surface area contributed by atoms with Crippen LogP contribution in [0.5, 0.6) is 5.75 Å². The quantitative estimate of drug-likeness (QED) is 0.780. The topological polar surface area (TPSA) is 59.4 Å². The highest BCUT2D eigenvalue weighted by atomic mass is 35.5. The van der Waals surface area contributed by atoms with Gasteiger partial charge in [0, 0.05) is 6.20 Å². The van der Waals surface area contributed by atoms with Gasteiger partial charge in [-0.3, -0.25) is 4.79 Å². The summed E-state index contributed by atoms with van der Waals surface area (Å²) in [5.74, 6) is -0.446. The third kappa shape index (κ3) is 2.88. The fourth-order valence-electron chi connectivity index (χ4n) is 0.925. The lowest BCUT2D eigenvalue weighted by Crippen LogP contribution is -2.06. The van der Waals surface area contributed by atoms with Crippen molar-refractivity contribution in [2.45, 2.75) is 13.3 Å². The molecule has 0 radical (unpaired) electrons. The van der Waals surface area contributed by atoms with Crippen molar-refractivity contribution in [2.75, 3.05) is 6.61 Å². The van der Waals surface area contributed by atoms with Gasteiger partial charge in [-0.25, -0.2) is 4.98 Å². The van der Waals surface area contributed by atoms with Crippen LogP contribution in [-0.4, -0.2) is 22.7 Å². The molecule has 76 valence electrons. The Hall–Kier alpha value is -1.29. The van der Waals surface area contributed by atoms with E-state index in [2.05, 4.69) is 4.98 Å². The van der Waals surface area contributed by atoms with Crippen molar-refractivity contribution in [1.29, 1.82) is 0 Å². The maximum Gasteiger partial charge on any atom is 0.306 e. The monoisotopic (exact) mass is 215 g/mol. The molecular formula is C9H10ClNO3. The standard InChI is InChI=1S/C9H10ClNO3/c1-6-2-4-11-9(10)8(6)14-5-3-7(12)13/h2,4H,3,5H2,1H3,(H,12,13). The van der Waals surface area contributed by atoms with E-state index in [1.807, 2.05) is 6.92 Å². The molecule has 0 unspecified atom stereocenters. The number of ether oxygens (including phenoxy) is 1. The fourth-order valence-corrected chi connectivity index (χ4v) is 1.19. The van der Waals surface area contributed by atoms with E-state index in [9.17, 15) is 4.79 Å². The van der Waals surface area contributed by atoms with Gasteiger partial charge in [-0.1, -0.05) is 11.6 Å². The second-order valence-corrected chi connectivity index (χ2v) is 3.10. The second-order valence-electron chi connectivity index (χ2n) is 2.74. The molecule has 0 fully saturated rings. The number of carboxylic acids is 1. The first-order valence-electron chi connectivity index (χ1n) is 4.07. The predicted octanol–water partition coefficient (Wildman–Crippen LogP) is 1.90. The van der Waals surface area contributed by atoms with Gasteiger partial charge in [-0.05, 0) is 18.6 Å². The number of aliphatic carboxylic acids is 1. The van der Waals surface area contributed by atoms with Gasteiger partial charge in [0.1, 0.15) is 0 Å². The normalized spacial score (nSPS) is 9.86. The van der Waals surface area contributed by atoms with Gasteiger partial charge in [-0.2, -0.15) is 0 Å². The molecule has 0 aliphatic heterocycles. The van der Waals surface area contributed by atoms with E-state index in [1.165, 1.54) is 0 Å². The van der Waals surface area contributed by atoms with Gasteiger partial charge in [0.2, 0.25) is 0 Å². The Morgan fingerprint density at radius 3 is 3.00 bits per heavy atom. The number of nitrogens with zero attached hydrogens (tertiary/aromatic N) is 1. The minimum atomic E-state index is -0.900. The molecule has 0 amide bonds. The van der Waals surface area contributed by atoms with E-state index in [1.54, 1.807) is 12.3 Å². The van der Waals surface area contributed by atoms with Crippen LogP contribution >= 0.6 is 11.6 Å². The number of hydrogen-bond donors (Lipinski definition) is 1. The summed E-state index contributed by atoms with van der Waals surface area (Å²) in [6, 6.07) is 1.75. The molecule has 1 rings (SSSR count). The summed E-state index contributed by atoms with van der Waals surface area (Å²) in [5.41, 5.74) is 0.843. The molecule has 0 bridgehead atoms. The van der Waals surface area contributed by atoms with E-state index in [0.29, 0.717) is 5.75 Å². The summed E-state index contributed by atoms with van der Waals surface area (Å²) >= 11 is 5.76. The molecule has 1 aromatic heterocycles. The van der Waals surface area contributed by atoms with E-state index in [4.69, 9.17) is 21.4 Å². The Kier molecular flexibility index (Phi) is 3.71. The fraction of sp³-hybridized carbons (Fsp3) is 0.333. The van der Waals surface area contributed by atoms with Crippen LogP contribution in [0.1, 0.15) is 12.0 Å². The molecule has 0 aliphatic rings. The van der Waals surface area contributed by atoms with Crippen LogP contribution in [0, 0.1) is 6.92 Å². The lowest BCUT2D eigenvalue weighted by Gasteiger charge is -2.08. The molecule has 0 spiro atoms. The number of hydrogen-bond acceptors (Lipinski definition) is 3. The summed E-state index contributed by atoms with van der Waals surface area (Å²) < 4.78 is 5.20. The van der Waals surface area contributed by atoms with Crippen molar-refractivity contribution < 1.29 is 14.6 Å². The first-order chi connectivity index (χ1) is 6.61. The Morgan fingerprint density at radius 2 is 2.43 bits per heavy atom. The summed E-state index contributed by atoms with van der Waals surface area (Å²) in [6.45, 7) is 1.92. The van der Waals surface area contributed by atoms with Crippen LogP contribution in [-0.2, 0) is 4.79 Å². The van der Waals surface area contributed by atoms with Crippen molar-refractivity contribution in [3.63, 3.8) is 0 Å². The minimum Gasteiger partial charge on any atom is -0.489 e. The van der Waals surface area contributed by atoms with Gasteiger partial charge in [0.15, 0.2) is 10.9 Å². The molecule has 0 saturated carbocycles. The number of rotatable bonds is 4. The molecule has 0 aliphatic carbocycles. The number of pyridine rings is 1. The van der Waals surface area contributed by atoms with Crippen LogP contribution in [0.15, 0.2) is 12.3 Å². The molecule has 0 aromatic carbocycles. The van der Waals surface area contributed by atoms with E-state index in [-0.39, 0.29) is 18.2 Å². The first kappa shape index (κ1) is 10.8. The minimum absolute atomic E-state index is 0.0509. The molecule has 14 heavy (non-hydrogen) atoms. The molecule has 0 saturated heterocycles. The first-order valence-corrected chi connectivity index (χ1v) is 4.44. The molecular weight excluding hydrogens is 206 g/mol. The van der Waals surface area contributed by atoms with Crippen molar-refractivity contribution in [3.05, 3.63) is 23.0 Å².